The summed E-state index contributed by atoms with van der Waals surface area (Å²) in [6, 6.07) is 7.60. The highest BCUT2D eigenvalue weighted by Crippen LogP contribution is 2.25. The van der Waals surface area contributed by atoms with Crippen molar-refractivity contribution >= 4 is 17.2 Å². The highest BCUT2D eigenvalue weighted by Gasteiger charge is 2.09. The molecule has 2 N–H and O–H groups in total. The molecule has 3 aromatic heterocycles. The fourth-order valence-corrected chi connectivity index (χ4v) is 2.21. The van der Waals surface area contributed by atoms with Crippen molar-refractivity contribution in [1.29, 1.82) is 0 Å². The fraction of sp³-hybridized carbons (Fsp3) is 0. The van der Waals surface area contributed by atoms with Gasteiger partial charge < -0.3 is 5.73 Å². The normalized spacial score (nSPS) is 10.6. The molecule has 0 unspecified atom stereocenters. The van der Waals surface area contributed by atoms with E-state index in [1.165, 1.54) is 6.33 Å². The average molecular weight is 243 g/mol. The van der Waals surface area contributed by atoms with Gasteiger partial charge in [0.15, 0.2) is 5.82 Å². The van der Waals surface area contributed by atoms with Gasteiger partial charge in [-0.15, -0.1) is 11.3 Å². The molecule has 0 aliphatic heterocycles. The summed E-state index contributed by atoms with van der Waals surface area (Å²) in [5.74, 6) is 1.23. The van der Waals surface area contributed by atoms with Gasteiger partial charge in [0.25, 0.3) is 0 Å². The van der Waals surface area contributed by atoms with Crippen molar-refractivity contribution in [2.45, 2.75) is 0 Å². The van der Waals surface area contributed by atoms with Crippen molar-refractivity contribution in [2.24, 2.45) is 0 Å². The first-order chi connectivity index (χ1) is 8.34. The van der Waals surface area contributed by atoms with Crippen LogP contribution >= 0.6 is 11.3 Å². The van der Waals surface area contributed by atoms with Gasteiger partial charge in [-0.25, -0.2) is 9.97 Å². The number of anilines is 1. The number of aromatic nitrogens is 4. The summed E-state index contributed by atoms with van der Waals surface area (Å²) in [5, 5.41) is 6.44. The number of thiophene rings is 1. The van der Waals surface area contributed by atoms with Crippen molar-refractivity contribution in [3.05, 3.63) is 42.2 Å². The van der Waals surface area contributed by atoms with E-state index in [0.29, 0.717) is 11.6 Å². The minimum atomic E-state index is 0.562. The van der Waals surface area contributed by atoms with Crippen LogP contribution in [-0.4, -0.2) is 19.7 Å². The second-order valence-corrected chi connectivity index (χ2v) is 4.36. The van der Waals surface area contributed by atoms with Crippen LogP contribution in [0, 0.1) is 0 Å². The van der Waals surface area contributed by atoms with E-state index in [1.54, 1.807) is 28.3 Å². The predicted octanol–water partition coefficient (Wildman–Crippen LogP) is 1.97. The van der Waals surface area contributed by atoms with Gasteiger partial charge in [-0.1, -0.05) is 6.07 Å². The Kier molecular flexibility index (Phi) is 2.34. The Hall–Kier alpha value is -2.21. The fourth-order valence-electron chi connectivity index (χ4n) is 1.53. The highest BCUT2D eigenvalue weighted by molar-refractivity contribution is 7.13. The lowest BCUT2D eigenvalue weighted by Gasteiger charge is -2.00. The zero-order valence-corrected chi connectivity index (χ0v) is 9.63. The topological polar surface area (TPSA) is 69.6 Å². The van der Waals surface area contributed by atoms with E-state index in [2.05, 4.69) is 15.1 Å². The number of rotatable bonds is 2. The second kappa shape index (κ2) is 3.99. The summed E-state index contributed by atoms with van der Waals surface area (Å²) in [6.07, 6.45) is 3.13. The van der Waals surface area contributed by atoms with Gasteiger partial charge in [0.05, 0.1) is 4.88 Å². The second-order valence-electron chi connectivity index (χ2n) is 3.41. The van der Waals surface area contributed by atoms with E-state index in [9.17, 15) is 0 Å². The zero-order chi connectivity index (χ0) is 11.7. The molecule has 0 fully saturated rings. The molecule has 0 aliphatic rings. The minimum Gasteiger partial charge on any atom is -0.384 e. The van der Waals surface area contributed by atoms with Crippen LogP contribution in [0.25, 0.3) is 16.4 Å². The lowest BCUT2D eigenvalue weighted by molar-refractivity contribution is 0.853. The van der Waals surface area contributed by atoms with E-state index < -0.39 is 0 Å². The molecule has 17 heavy (non-hydrogen) atoms. The molecule has 0 saturated carbocycles. The van der Waals surface area contributed by atoms with Gasteiger partial charge in [0.1, 0.15) is 17.8 Å². The first-order valence-corrected chi connectivity index (χ1v) is 5.88. The van der Waals surface area contributed by atoms with Gasteiger partial charge in [0, 0.05) is 18.3 Å². The molecule has 0 amide bonds. The molecular weight excluding hydrogens is 234 g/mol. The predicted molar refractivity (Wildman–Crippen MR) is 66.9 cm³/mol. The molecule has 3 rings (SSSR count). The van der Waals surface area contributed by atoms with Crippen LogP contribution in [0.5, 0.6) is 0 Å². The summed E-state index contributed by atoms with van der Waals surface area (Å²) in [4.78, 5) is 9.07. The molecule has 3 heterocycles. The summed E-state index contributed by atoms with van der Waals surface area (Å²) in [5.41, 5.74) is 6.78. The van der Waals surface area contributed by atoms with Crippen molar-refractivity contribution < 1.29 is 0 Å². The lowest BCUT2D eigenvalue weighted by Crippen LogP contribution is -2.03. The summed E-state index contributed by atoms with van der Waals surface area (Å²) >= 11 is 1.63. The molecule has 0 atom stereocenters. The van der Waals surface area contributed by atoms with E-state index in [4.69, 9.17) is 5.73 Å². The Morgan fingerprint density at radius 1 is 1.29 bits per heavy atom. The quantitative estimate of drug-likeness (QED) is 0.747. The van der Waals surface area contributed by atoms with Gasteiger partial charge in [0.2, 0.25) is 0 Å². The van der Waals surface area contributed by atoms with Crippen LogP contribution in [-0.2, 0) is 0 Å². The maximum atomic E-state index is 5.92. The van der Waals surface area contributed by atoms with Gasteiger partial charge in [-0.05, 0) is 11.4 Å². The smallest absolute Gasteiger partial charge is 0.159 e. The first-order valence-electron chi connectivity index (χ1n) is 5.00. The summed E-state index contributed by atoms with van der Waals surface area (Å²) < 4.78 is 1.61. The SMILES string of the molecule is Nc1cc(-c2cccs2)nn1-c1ccncn1. The van der Waals surface area contributed by atoms with Gasteiger partial charge >= 0.3 is 0 Å². The standard InChI is InChI=1S/C11H9N5S/c12-10-6-8(9-2-1-5-17-9)15-16(10)11-3-4-13-7-14-11/h1-7H,12H2. The van der Waals surface area contributed by atoms with Crippen LogP contribution in [0.2, 0.25) is 0 Å². The Morgan fingerprint density at radius 2 is 2.24 bits per heavy atom. The molecule has 0 spiro atoms. The number of nitrogen functional groups attached to an aromatic ring is 1. The van der Waals surface area contributed by atoms with Crippen molar-refractivity contribution in [3.63, 3.8) is 0 Å². The average Bonchev–Trinajstić information content (AvgIpc) is 2.99. The molecule has 0 aliphatic carbocycles. The van der Waals surface area contributed by atoms with Crippen LogP contribution in [0.4, 0.5) is 5.82 Å². The molecule has 84 valence electrons. The van der Waals surface area contributed by atoms with Crippen LogP contribution in [0.1, 0.15) is 0 Å². The first kappa shape index (κ1) is 9.98. The number of hydrogen-bond acceptors (Lipinski definition) is 5. The van der Waals surface area contributed by atoms with Gasteiger partial charge in [-0.3, -0.25) is 0 Å². The Balaban J connectivity index is 2.08. The van der Waals surface area contributed by atoms with E-state index in [1.807, 2.05) is 23.6 Å². The monoisotopic (exact) mass is 243 g/mol. The molecular formula is C11H9N5S. The zero-order valence-electron chi connectivity index (χ0n) is 8.82. The van der Waals surface area contributed by atoms with E-state index in [-0.39, 0.29) is 0 Å². The van der Waals surface area contributed by atoms with Crippen molar-refractivity contribution in [2.75, 3.05) is 5.73 Å². The van der Waals surface area contributed by atoms with Crippen LogP contribution in [0.3, 0.4) is 0 Å². The third-order valence-corrected chi connectivity index (χ3v) is 3.19. The summed E-state index contributed by atoms with van der Waals surface area (Å²) in [7, 11) is 0. The van der Waals surface area contributed by atoms with Crippen molar-refractivity contribution in [1.82, 2.24) is 19.7 Å². The number of nitrogens with zero attached hydrogens (tertiary/aromatic N) is 4. The van der Waals surface area contributed by atoms with Gasteiger partial charge in [-0.2, -0.15) is 9.78 Å². The lowest BCUT2D eigenvalue weighted by atomic mass is 10.3. The molecule has 6 heteroatoms. The number of hydrogen-bond donors (Lipinski definition) is 1. The maximum absolute atomic E-state index is 5.92. The third kappa shape index (κ3) is 1.78. The van der Waals surface area contributed by atoms with Crippen molar-refractivity contribution in [3.8, 4) is 16.4 Å². The molecule has 0 bridgehead atoms. The molecule has 0 radical (unpaired) electrons. The van der Waals surface area contributed by atoms with Crippen LogP contribution in [0.15, 0.2) is 42.2 Å². The van der Waals surface area contributed by atoms with E-state index >= 15 is 0 Å². The minimum absolute atomic E-state index is 0.562. The summed E-state index contributed by atoms with van der Waals surface area (Å²) in [6.45, 7) is 0. The largest absolute Gasteiger partial charge is 0.384 e. The van der Waals surface area contributed by atoms with Crippen LogP contribution < -0.4 is 5.73 Å². The molecule has 0 aromatic carbocycles. The maximum Gasteiger partial charge on any atom is 0.159 e. The Labute approximate surface area is 102 Å². The Morgan fingerprint density at radius 3 is 2.94 bits per heavy atom. The molecule has 5 nitrogen and oxygen atoms in total. The Bertz CT molecular complexity index is 615. The molecule has 3 aromatic rings. The number of nitrogens with two attached hydrogens (primary N) is 1. The third-order valence-electron chi connectivity index (χ3n) is 2.29. The van der Waals surface area contributed by atoms with E-state index in [0.717, 1.165) is 10.6 Å². The molecule has 0 saturated heterocycles. The highest BCUT2D eigenvalue weighted by atomic mass is 32.1.